The van der Waals surface area contributed by atoms with Gasteiger partial charge >= 0.3 is 0 Å². The third-order valence-electron chi connectivity index (χ3n) is 1.82. The van der Waals surface area contributed by atoms with Crippen LogP contribution < -0.4 is 10.2 Å². The molecule has 1 unspecified atom stereocenters. The molecule has 70 valence electrons. The van der Waals surface area contributed by atoms with E-state index < -0.39 is 0 Å². The van der Waals surface area contributed by atoms with Crippen LogP contribution in [0.3, 0.4) is 0 Å². The molecular formula is C9H10O4. The largest absolute Gasteiger partial charge is 0.484 e. The molecule has 0 bridgehead atoms. The lowest BCUT2D eigenvalue weighted by Gasteiger charge is -2.04. The molecule has 1 saturated heterocycles. The molecule has 1 atom stereocenters. The quantitative estimate of drug-likeness (QED) is 0.646. The summed E-state index contributed by atoms with van der Waals surface area (Å²) in [5.74, 6) is 0.797. The van der Waals surface area contributed by atoms with E-state index in [0.717, 1.165) is 6.61 Å². The van der Waals surface area contributed by atoms with E-state index >= 15 is 0 Å². The Morgan fingerprint density at radius 3 is 3.08 bits per heavy atom. The summed E-state index contributed by atoms with van der Waals surface area (Å²) in [6, 6.07) is 1.34. The second kappa shape index (κ2) is 3.22. The molecule has 1 aliphatic rings. The van der Waals surface area contributed by atoms with E-state index in [4.69, 9.17) is 13.9 Å². The Hall–Kier alpha value is -1.29. The van der Waals surface area contributed by atoms with Crippen molar-refractivity contribution in [3.05, 3.63) is 28.3 Å². The molecule has 4 heteroatoms. The molecule has 2 rings (SSSR count). The van der Waals surface area contributed by atoms with Gasteiger partial charge in [0.1, 0.15) is 18.5 Å². The van der Waals surface area contributed by atoms with E-state index in [1.54, 1.807) is 6.92 Å². The van der Waals surface area contributed by atoms with Gasteiger partial charge < -0.3 is 13.9 Å². The summed E-state index contributed by atoms with van der Waals surface area (Å²) in [6.45, 7) is 2.84. The first-order valence-corrected chi connectivity index (χ1v) is 4.10. The van der Waals surface area contributed by atoms with Gasteiger partial charge in [-0.15, -0.1) is 0 Å². The van der Waals surface area contributed by atoms with Gasteiger partial charge in [0.15, 0.2) is 0 Å². The van der Waals surface area contributed by atoms with E-state index in [2.05, 4.69) is 0 Å². The van der Waals surface area contributed by atoms with Gasteiger partial charge in [0.25, 0.3) is 0 Å². The van der Waals surface area contributed by atoms with Crippen molar-refractivity contribution < 1.29 is 13.9 Å². The maximum atomic E-state index is 11.2. The fraction of sp³-hybridized carbons (Fsp3) is 0.444. The lowest BCUT2D eigenvalue weighted by Crippen LogP contribution is -2.12. The van der Waals surface area contributed by atoms with Gasteiger partial charge in [0.2, 0.25) is 11.2 Å². The van der Waals surface area contributed by atoms with Crippen molar-refractivity contribution in [1.82, 2.24) is 0 Å². The fourth-order valence-corrected chi connectivity index (χ4v) is 1.01. The molecule has 1 aliphatic heterocycles. The predicted molar refractivity (Wildman–Crippen MR) is 45.0 cm³/mol. The van der Waals surface area contributed by atoms with Crippen LogP contribution in [0.5, 0.6) is 5.75 Å². The Bertz CT molecular complexity index is 351. The highest BCUT2D eigenvalue weighted by molar-refractivity contribution is 5.23. The highest BCUT2D eigenvalue weighted by Crippen LogP contribution is 2.14. The Kier molecular flexibility index (Phi) is 2.06. The van der Waals surface area contributed by atoms with Crippen LogP contribution in [0.15, 0.2) is 21.5 Å². The van der Waals surface area contributed by atoms with Crippen molar-refractivity contribution in [3.63, 3.8) is 0 Å². The third-order valence-corrected chi connectivity index (χ3v) is 1.82. The average Bonchev–Trinajstić information content (AvgIpc) is 2.87. The molecule has 13 heavy (non-hydrogen) atoms. The highest BCUT2D eigenvalue weighted by Gasteiger charge is 2.24. The van der Waals surface area contributed by atoms with Crippen LogP contribution >= 0.6 is 0 Å². The van der Waals surface area contributed by atoms with Crippen molar-refractivity contribution in [2.45, 2.75) is 13.0 Å². The van der Waals surface area contributed by atoms with Crippen LogP contribution in [0.1, 0.15) is 5.76 Å². The van der Waals surface area contributed by atoms with Gasteiger partial charge in [-0.1, -0.05) is 0 Å². The predicted octanol–water partition coefficient (Wildman–Crippen LogP) is 0.726. The molecule has 0 radical (unpaired) electrons. The first-order valence-electron chi connectivity index (χ1n) is 4.10. The molecular weight excluding hydrogens is 172 g/mol. The maximum Gasteiger partial charge on any atom is 0.226 e. The average molecular weight is 182 g/mol. The normalized spacial score (nSPS) is 19.9. The molecule has 0 aliphatic carbocycles. The fourth-order valence-electron chi connectivity index (χ4n) is 1.01. The topological polar surface area (TPSA) is 52.0 Å². The van der Waals surface area contributed by atoms with Gasteiger partial charge in [-0.25, -0.2) is 0 Å². The van der Waals surface area contributed by atoms with Crippen LogP contribution in [0.4, 0.5) is 0 Å². The summed E-state index contributed by atoms with van der Waals surface area (Å²) in [5.41, 5.74) is -0.149. The van der Waals surface area contributed by atoms with Crippen LogP contribution in [0, 0.1) is 6.92 Å². The van der Waals surface area contributed by atoms with Gasteiger partial charge in [-0.05, 0) is 6.92 Å². The second-order valence-electron chi connectivity index (χ2n) is 2.94. The molecule has 4 nitrogen and oxygen atoms in total. The highest BCUT2D eigenvalue weighted by atomic mass is 16.6. The molecule has 1 fully saturated rings. The third kappa shape index (κ3) is 1.89. The zero-order valence-corrected chi connectivity index (χ0v) is 7.28. The zero-order chi connectivity index (χ0) is 9.26. The number of rotatable bonds is 3. The molecule has 1 aromatic rings. The summed E-state index contributed by atoms with van der Waals surface area (Å²) in [5, 5.41) is 0. The standard InChI is InChI=1S/C9H10O4/c1-6-9(8(10)2-3-11-6)13-5-7-4-12-7/h2-3,7H,4-5H2,1H3. The van der Waals surface area contributed by atoms with Gasteiger partial charge in [0.05, 0.1) is 12.9 Å². The Labute approximate surface area is 75.1 Å². The lowest BCUT2D eigenvalue weighted by molar-refractivity contribution is 0.252. The molecule has 0 N–H and O–H groups in total. The van der Waals surface area contributed by atoms with Crippen molar-refractivity contribution in [2.24, 2.45) is 0 Å². The van der Waals surface area contributed by atoms with Crippen LogP contribution in [0.25, 0.3) is 0 Å². The molecule has 0 aromatic carbocycles. The number of epoxide rings is 1. The van der Waals surface area contributed by atoms with Crippen molar-refractivity contribution >= 4 is 0 Å². The monoisotopic (exact) mass is 182 g/mol. The Balaban J connectivity index is 2.12. The summed E-state index contributed by atoms with van der Waals surface area (Å²) < 4.78 is 15.2. The van der Waals surface area contributed by atoms with E-state index in [0.29, 0.717) is 12.4 Å². The molecule has 1 aromatic heterocycles. The minimum atomic E-state index is -0.149. The van der Waals surface area contributed by atoms with Gasteiger partial charge in [-0.3, -0.25) is 4.79 Å². The van der Waals surface area contributed by atoms with Crippen molar-refractivity contribution in [1.29, 1.82) is 0 Å². The van der Waals surface area contributed by atoms with E-state index in [-0.39, 0.29) is 17.3 Å². The van der Waals surface area contributed by atoms with E-state index in [1.807, 2.05) is 0 Å². The molecule has 0 saturated carbocycles. The number of hydrogen-bond acceptors (Lipinski definition) is 4. The summed E-state index contributed by atoms with van der Waals surface area (Å²) in [7, 11) is 0. The summed E-state index contributed by atoms with van der Waals surface area (Å²) in [4.78, 5) is 11.2. The van der Waals surface area contributed by atoms with Gasteiger partial charge in [0, 0.05) is 6.07 Å². The second-order valence-corrected chi connectivity index (χ2v) is 2.94. The smallest absolute Gasteiger partial charge is 0.226 e. The number of hydrogen-bond donors (Lipinski definition) is 0. The Morgan fingerprint density at radius 1 is 1.69 bits per heavy atom. The lowest BCUT2D eigenvalue weighted by atomic mass is 10.4. The first kappa shape index (κ1) is 8.31. The Morgan fingerprint density at radius 2 is 2.46 bits per heavy atom. The molecule has 0 spiro atoms. The van der Waals surface area contributed by atoms with Crippen LogP contribution in [0.2, 0.25) is 0 Å². The maximum absolute atomic E-state index is 11.2. The summed E-state index contributed by atoms with van der Waals surface area (Å²) >= 11 is 0. The van der Waals surface area contributed by atoms with Crippen molar-refractivity contribution in [2.75, 3.05) is 13.2 Å². The zero-order valence-electron chi connectivity index (χ0n) is 7.28. The molecule has 0 amide bonds. The van der Waals surface area contributed by atoms with Crippen LogP contribution in [-0.2, 0) is 4.74 Å². The minimum Gasteiger partial charge on any atom is -0.484 e. The first-order chi connectivity index (χ1) is 6.27. The summed E-state index contributed by atoms with van der Waals surface area (Å²) in [6.07, 6.45) is 1.51. The van der Waals surface area contributed by atoms with Crippen molar-refractivity contribution in [3.8, 4) is 5.75 Å². The SMILES string of the molecule is Cc1occc(=O)c1OCC1CO1. The molecule has 2 heterocycles. The minimum absolute atomic E-state index is 0.149. The van der Waals surface area contributed by atoms with Gasteiger partial charge in [-0.2, -0.15) is 0 Å². The number of aryl methyl sites for hydroxylation is 1. The van der Waals surface area contributed by atoms with Crippen LogP contribution in [-0.4, -0.2) is 19.3 Å². The van der Waals surface area contributed by atoms with E-state index in [9.17, 15) is 4.79 Å². The van der Waals surface area contributed by atoms with E-state index in [1.165, 1.54) is 12.3 Å². The number of ether oxygens (including phenoxy) is 2.